The van der Waals surface area contributed by atoms with Crippen molar-refractivity contribution >= 4 is 28.6 Å². The van der Waals surface area contributed by atoms with Crippen LogP contribution in [0.15, 0.2) is 60.7 Å². The Morgan fingerprint density at radius 2 is 1.81 bits per heavy atom. The first-order valence-electron chi connectivity index (χ1n) is 6.55. The summed E-state index contributed by atoms with van der Waals surface area (Å²) in [5.41, 5.74) is 2.04. The molecule has 0 unspecified atom stereocenters. The van der Waals surface area contributed by atoms with E-state index in [1.54, 1.807) is 23.5 Å². The van der Waals surface area contributed by atoms with Crippen LogP contribution >= 0.6 is 22.9 Å². The minimum Gasteiger partial charge on any atom is -0.380 e. The Balaban J connectivity index is 1.69. The molecule has 0 saturated carbocycles. The third-order valence-electron chi connectivity index (χ3n) is 3.11. The summed E-state index contributed by atoms with van der Waals surface area (Å²) in [6.45, 7) is 0.694. The molecule has 0 spiro atoms. The van der Waals surface area contributed by atoms with Gasteiger partial charge < -0.3 is 5.32 Å². The molecular formula is C17H13ClFNS. The number of benzene rings is 2. The summed E-state index contributed by atoms with van der Waals surface area (Å²) in [4.78, 5) is 2.46. The monoisotopic (exact) mass is 317 g/mol. The lowest BCUT2D eigenvalue weighted by molar-refractivity contribution is 0.628. The van der Waals surface area contributed by atoms with Crippen molar-refractivity contribution < 1.29 is 4.39 Å². The van der Waals surface area contributed by atoms with E-state index in [0.717, 1.165) is 5.69 Å². The SMILES string of the molecule is Fc1ccc(NCc2ccc(-c3ccccc3)s2)cc1Cl. The average molecular weight is 318 g/mol. The highest BCUT2D eigenvalue weighted by Gasteiger charge is 2.04. The number of nitrogens with one attached hydrogen (secondary N) is 1. The molecule has 3 rings (SSSR count). The first-order valence-corrected chi connectivity index (χ1v) is 7.75. The molecule has 1 heterocycles. The summed E-state index contributed by atoms with van der Waals surface area (Å²) in [7, 11) is 0. The molecule has 3 aromatic rings. The van der Waals surface area contributed by atoms with E-state index < -0.39 is 5.82 Å². The molecule has 0 saturated heterocycles. The molecule has 0 bridgehead atoms. The molecule has 4 heteroatoms. The second-order valence-electron chi connectivity index (χ2n) is 4.61. The van der Waals surface area contributed by atoms with Crippen molar-refractivity contribution in [1.29, 1.82) is 0 Å². The molecule has 1 nitrogen and oxygen atoms in total. The van der Waals surface area contributed by atoms with Crippen molar-refractivity contribution in [2.75, 3.05) is 5.32 Å². The lowest BCUT2D eigenvalue weighted by atomic mass is 10.2. The van der Waals surface area contributed by atoms with E-state index in [2.05, 4.69) is 29.6 Å². The summed E-state index contributed by atoms with van der Waals surface area (Å²) in [5, 5.41) is 3.39. The quantitative estimate of drug-likeness (QED) is 0.639. The largest absolute Gasteiger partial charge is 0.380 e. The number of rotatable bonds is 4. The second kappa shape index (κ2) is 6.29. The van der Waals surface area contributed by atoms with E-state index in [-0.39, 0.29) is 5.02 Å². The van der Waals surface area contributed by atoms with Crippen LogP contribution < -0.4 is 5.32 Å². The predicted molar refractivity (Wildman–Crippen MR) is 88.5 cm³/mol. The smallest absolute Gasteiger partial charge is 0.141 e. The summed E-state index contributed by atoms with van der Waals surface area (Å²) in [5.74, 6) is -0.398. The van der Waals surface area contributed by atoms with Crippen LogP contribution in [-0.4, -0.2) is 0 Å². The lowest BCUT2D eigenvalue weighted by Crippen LogP contribution is -1.97. The number of halogens is 2. The van der Waals surface area contributed by atoms with Crippen LogP contribution in [0.3, 0.4) is 0 Å². The molecule has 106 valence electrons. The van der Waals surface area contributed by atoms with Crippen LogP contribution in [0.4, 0.5) is 10.1 Å². The number of thiophene rings is 1. The third kappa shape index (κ3) is 3.43. The van der Waals surface area contributed by atoms with Crippen LogP contribution in [0.25, 0.3) is 10.4 Å². The summed E-state index contributed by atoms with van der Waals surface area (Å²) in [6.07, 6.45) is 0. The maximum Gasteiger partial charge on any atom is 0.141 e. The molecule has 0 radical (unpaired) electrons. The molecule has 0 aliphatic heterocycles. The van der Waals surface area contributed by atoms with E-state index in [1.165, 1.54) is 21.4 Å². The Kier molecular flexibility index (Phi) is 4.23. The normalized spacial score (nSPS) is 10.6. The van der Waals surface area contributed by atoms with Gasteiger partial charge in [-0.25, -0.2) is 4.39 Å². The van der Waals surface area contributed by atoms with Crippen LogP contribution in [0.1, 0.15) is 4.88 Å². The van der Waals surface area contributed by atoms with Gasteiger partial charge in [0.05, 0.1) is 5.02 Å². The van der Waals surface area contributed by atoms with Crippen LogP contribution in [0.2, 0.25) is 5.02 Å². The van der Waals surface area contributed by atoms with Gasteiger partial charge in [-0.2, -0.15) is 0 Å². The molecule has 1 aromatic heterocycles. The van der Waals surface area contributed by atoms with Gasteiger partial charge in [-0.3, -0.25) is 0 Å². The van der Waals surface area contributed by atoms with E-state index >= 15 is 0 Å². The van der Waals surface area contributed by atoms with Gasteiger partial charge in [-0.15, -0.1) is 11.3 Å². The van der Waals surface area contributed by atoms with Gasteiger partial charge in [0, 0.05) is 22.0 Å². The van der Waals surface area contributed by atoms with Crippen LogP contribution in [0, 0.1) is 5.82 Å². The zero-order valence-electron chi connectivity index (χ0n) is 11.1. The average Bonchev–Trinajstić information content (AvgIpc) is 2.98. The highest BCUT2D eigenvalue weighted by atomic mass is 35.5. The van der Waals surface area contributed by atoms with Crippen molar-refractivity contribution in [2.24, 2.45) is 0 Å². The number of hydrogen-bond acceptors (Lipinski definition) is 2. The van der Waals surface area contributed by atoms with Gasteiger partial charge in [0.2, 0.25) is 0 Å². The second-order valence-corrected chi connectivity index (χ2v) is 6.19. The Labute approximate surface area is 132 Å². The van der Waals surface area contributed by atoms with Crippen molar-refractivity contribution in [3.8, 4) is 10.4 Å². The van der Waals surface area contributed by atoms with Crippen molar-refractivity contribution in [1.82, 2.24) is 0 Å². The maximum absolute atomic E-state index is 13.1. The molecule has 0 atom stereocenters. The first-order chi connectivity index (χ1) is 10.2. The van der Waals surface area contributed by atoms with E-state index in [1.807, 2.05) is 18.2 Å². The van der Waals surface area contributed by atoms with Gasteiger partial charge in [-0.05, 0) is 35.9 Å². The minimum atomic E-state index is -0.398. The van der Waals surface area contributed by atoms with Gasteiger partial charge in [0.25, 0.3) is 0 Å². The van der Waals surface area contributed by atoms with E-state index in [9.17, 15) is 4.39 Å². The molecule has 21 heavy (non-hydrogen) atoms. The van der Waals surface area contributed by atoms with Gasteiger partial charge in [0.1, 0.15) is 5.82 Å². The zero-order chi connectivity index (χ0) is 14.7. The third-order valence-corrected chi connectivity index (χ3v) is 4.53. The maximum atomic E-state index is 13.1. The molecule has 0 aliphatic carbocycles. The number of anilines is 1. The first kappa shape index (κ1) is 14.1. The van der Waals surface area contributed by atoms with Gasteiger partial charge in [-0.1, -0.05) is 41.9 Å². The fourth-order valence-corrected chi connectivity index (χ4v) is 3.16. The van der Waals surface area contributed by atoms with Crippen molar-refractivity contribution in [2.45, 2.75) is 6.54 Å². The molecular weight excluding hydrogens is 305 g/mol. The fourth-order valence-electron chi connectivity index (χ4n) is 2.03. The Morgan fingerprint density at radius 1 is 1.00 bits per heavy atom. The van der Waals surface area contributed by atoms with Gasteiger partial charge in [0.15, 0.2) is 0 Å². The summed E-state index contributed by atoms with van der Waals surface area (Å²) < 4.78 is 13.1. The molecule has 0 aliphatic rings. The minimum absolute atomic E-state index is 0.135. The van der Waals surface area contributed by atoms with Crippen molar-refractivity contribution in [3.63, 3.8) is 0 Å². The van der Waals surface area contributed by atoms with Crippen molar-refractivity contribution in [3.05, 3.63) is 76.4 Å². The van der Waals surface area contributed by atoms with Gasteiger partial charge >= 0.3 is 0 Å². The standard InChI is InChI=1S/C17H13ClFNS/c18-15-10-13(6-8-16(15)19)20-11-14-7-9-17(21-14)12-4-2-1-3-5-12/h1-10,20H,11H2. The molecule has 1 N–H and O–H groups in total. The van der Waals surface area contributed by atoms with Crippen LogP contribution in [0.5, 0.6) is 0 Å². The Bertz CT molecular complexity index is 740. The molecule has 2 aromatic carbocycles. The predicted octanol–water partition coefficient (Wildman–Crippen LogP) is 5.82. The molecule has 0 fully saturated rings. The highest BCUT2D eigenvalue weighted by molar-refractivity contribution is 7.15. The van der Waals surface area contributed by atoms with Crippen LogP contribution in [-0.2, 0) is 6.54 Å². The highest BCUT2D eigenvalue weighted by Crippen LogP contribution is 2.28. The van der Waals surface area contributed by atoms with E-state index in [0.29, 0.717) is 6.54 Å². The lowest BCUT2D eigenvalue weighted by Gasteiger charge is -2.05. The summed E-state index contributed by atoms with van der Waals surface area (Å²) in [6, 6.07) is 19.2. The Hall–Kier alpha value is -1.84. The zero-order valence-corrected chi connectivity index (χ0v) is 12.7. The molecule has 0 amide bonds. The topological polar surface area (TPSA) is 12.0 Å². The fraction of sp³-hybridized carbons (Fsp3) is 0.0588. The number of hydrogen-bond donors (Lipinski definition) is 1. The Morgan fingerprint density at radius 3 is 2.57 bits per heavy atom. The summed E-state index contributed by atoms with van der Waals surface area (Å²) >= 11 is 7.51. The van der Waals surface area contributed by atoms with E-state index in [4.69, 9.17) is 11.6 Å².